The normalized spacial score (nSPS) is 27.8. The first-order valence-electron chi connectivity index (χ1n) is 8.79. The van der Waals surface area contributed by atoms with E-state index in [1.54, 1.807) is 15.6 Å². The van der Waals surface area contributed by atoms with Crippen molar-refractivity contribution >= 4 is 27.3 Å². The number of aryl methyl sites for hydroxylation is 1. The fourth-order valence-electron chi connectivity index (χ4n) is 4.39. The average molecular weight is 369 g/mol. The van der Waals surface area contributed by atoms with E-state index in [0.717, 1.165) is 37.0 Å². The van der Waals surface area contributed by atoms with Gasteiger partial charge in [0.1, 0.15) is 0 Å². The van der Waals surface area contributed by atoms with Gasteiger partial charge >= 0.3 is 0 Å². The Morgan fingerprint density at radius 1 is 1.17 bits per heavy atom. The zero-order chi connectivity index (χ0) is 16.9. The van der Waals surface area contributed by atoms with Gasteiger partial charge in [-0.2, -0.15) is 4.31 Å². The summed E-state index contributed by atoms with van der Waals surface area (Å²) < 4.78 is 25.5. The number of hydrogen-bond donors (Lipinski definition) is 0. The summed E-state index contributed by atoms with van der Waals surface area (Å²) in [5, 5.41) is 2.15. The molecule has 7 heteroatoms. The lowest BCUT2D eigenvalue weighted by atomic mass is 9.92. The maximum absolute atomic E-state index is 13.2. The van der Waals surface area contributed by atoms with Crippen LogP contribution in [0.2, 0.25) is 0 Å². The third kappa shape index (κ3) is 2.91. The van der Waals surface area contributed by atoms with E-state index in [0.29, 0.717) is 19.6 Å². The first-order chi connectivity index (χ1) is 11.4. The van der Waals surface area contributed by atoms with Gasteiger partial charge in [0, 0.05) is 25.7 Å². The summed E-state index contributed by atoms with van der Waals surface area (Å²) in [6.07, 6.45) is 7.69. The predicted octanol–water partition coefficient (Wildman–Crippen LogP) is 2.12. The molecule has 3 fully saturated rings. The van der Waals surface area contributed by atoms with Gasteiger partial charge in [0.05, 0.1) is 11.1 Å². The van der Waals surface area contributed by atoms with Crippen LogP contribution < -0.4 is 0 Å². The minimum Gasteiger partial charge on any atom is -0.333 e. The molecule has 5 rings (SSSR count). The second-order valence-corrected chi connectivity index (χ2v) is 10.3. The largest absolute Gasteiger partial charge is 0.333 e. The molecule has 3 saturated heterocycles. The fraction of sp³-hybridized carbons (Fsp3) is 0.706. The lowest BCUT2D eigenvalue weighted by Crippen LogP contribution is -2.47. The number of carbonyl (C=O) groups excluding carboxylic acids is 1. The van der Waals surface area contributed by atoms with Gasteiger partial charge in [-0.3, -0.25) is 4.79 Å². The molecule has 1 aliphatic carbocycles. The fourth-order valence-corrected chi connectivity index (χ4v) is 6.43. The average Bonchev–Trinajstić information content (AvgIpc) is 2.74. The second-order valence-electron chi connectivity index (χ2n) is 7.41. The molecular formula is C17H24N2O3S2. The molecule has 0 spiro atoms. The van der Waals surface area contributed by atoms with E-state index in [1.165, 1.54) is 23.8 Å². The van der Waals surface area contributed by atoms with Crippen molar-refractivity contribution in [3.63, 3.8) is 0 Å². The minimum atomic E-state index is -3.19. The zero-order valence-corrected chi connectivity index (χ0v) is 15.7. The number of rotatable bonds is 2. The van der Waals surface area contributed by atoms with Crippen LogP contribution >= 0.6 is 11.3 Å². The molecule has 1 amide bonds. The van der Waals surface area contributed by atoms with Gasteiger partial charge in [-0.1, -0.05) is 0 Å². The molecule has 2 atom stereocenters. The Bertz CT molecular complexity index is 756. The van der Waals surface area contributed by atoms with Crippen LogP contribution in [0, 0.1) is 5.92 Å². The minimum absolute atomic E-state index is 0.0207. The highest BCUT2D eigenvalue weighted by Crippen LogP contribution is 2.34. The van der Waals surface area contributed by atoms with Crippen molar-refractivity contribution in [2.24, 2.45) is 5.92 Å². The molecule has 1 aromatic rings. The van der Waals surface area contributed by atoms with E-state index in [-0.39, 0.29) is 17.9 Å². The van der Waals surface area contributed by atoms with Crippen molar-refractivity contribution in [3.8, 4) is 0 Å². The maximum Gasteiger partial charge on any atom is 0.264 e. The SMILES string of the molecule is CS(=O)(=O)N1C[C@@H]2CC[C@H](C1)N(C(=O)c1scc3c1CCCC3)C2. The first kappa shape index (κ1) is 16.5. The summed E-state index contributed by atoms with van der Waals surface area (Å²) >= 11 is 1.58. The van der Waals surface area contributed by atoms with Gasteiger partial charge in [-0.25, -0.2) is 8.42 Å². The summed E-state index contributed by atoms with van der Waals surface area (Å²) in [6, 6.07) is 0.0207. The third-order valence-corrected chi connectivity index (χ3v) is 8.00. The Balaban J connectivity index is 1.61. The van der Waals surface area contributed by atoms with Crippen molar-refractivity contribution in [2.45, 2.75) is 44.6 Å². The molecule has 24 heavy (non-hydrogen) atoms. The van der Waals surface area contributed by atoms with E-state index in [2.05, 4.69) is 5.38 Å². The topological polar surface area (TPSA) is 57.7 Å². The number of carbonyl (C=O) groups is 1. The Hall–Kier alpha value is -0.920. The van der Waals surface area contributed by atoms with E-state index in [1.807, 2.05) is 4.90 Å². The molecular weight excluding hydrogens is 344 g/mol. The molecule has 4 aliphatic rings. The van der Waals surface area contributed by atoms with Crippen LogP contribution in [0.15, 0.2) is 5.38 Å². The van der Waals surface area contributed by atoms with Crippen molar-refractivity contribution in [2.75, 3.05) is 25.9 Å². The van der Waals surface area contributed by atoms with E-state index >= 15 is 0 Å². The zero-order valence-electron chi connectivity index (χ0n) is 14.0. The maximum atomic E-state index is 13.2. The van der Waals surface area contributed by atoms with Gasteiger partial charge in [-0.15, -0.1) is 11.3 Å². The number of thiophene rings is 1. The van der Waals surface area contributed by atoms with Crippen molar-refractivity contribution in [3.05, 3.63) is 21.4 Å². The van der Waals surface area contributed by atoms with E-state index in [9.17, 15) is 13.2 Å². The standard InChI is InChI=1S/C17H24N2O3S2/c1-24(21,22)18-8-12-6-7-14(10-18)19(9-12)17(20)16-15-5-3-2-4-13(15)11-23-16/h11-12,14H,2-10H2,1H3/t12-,14+/m0/s1. The van der Waals surface area contributed by atoms with Crippen LogP contribution in [0.25, 0.3) is 0 Å². The van der Waals surface area contributed by atoms with Gasteiger partial charge in [0.15, 0.2) is 0 Å². The number of fused-ring (bicyclic) bond motifs is 5. The van der Waals surface area contributed by atoms with Gasteiger partial charge in [0.25, 0.3) is 5.91 Å². The molecule has 0 radical (unpaired) electrons. The summed E-state index contributed by atoms with van der Waals surface area (Å²) in [4.78, 5) is 16.1. The van der Waals surface area contributed by atoms with Crippen LogP contribution in [0.4, 0.5) is 0 Å². The van der Waals surface area contributed by atoms with Crippen LogP contribution in [-0.4, -0.2) is 55.5 Å². The Morgan fingerprint density at radius 2 is 1.96 bits per heavy atom. The van der Waals surface area contributed by atoms with E-state index in [4.69, 9.17) is 0 Å². The van der Waals surface area contributed by atoms with Gasteiger partial charge in [-0.05, 0) is 60.9 Å². The van der Waals surface area contributed by atoms with Crippen molar-refractivity contribution in [1.29, 1.82) is 0 Å². The van der Waals surface area contributed by atoms with Crippen molar-refractivity contribution < 1.29 is 13.2 Å². The molecule has 4 heterocycles. The van der Waals surface area contributed by atoms with Crippen LogP contribution in [0.3, 0.4) is 0 Å². The summed E-state index contributed by atoms with van der Waals surface area (Å²) in [7, 11) is -3.19. The lowest BCUT2D eigenvalue weighted by molar-refractivity contribution is 0.0592. The molecule has 0 N–H and O–H groups in total. The second kappa shape index (κ2) is 6.11. The smallest absolute Gasteiger partial charge is 0.264 e. The van der Waals surface area contributed by atoms with Gasteiger partial charge < -0.3 is 4.90 Å². The summed E-state index contributed by atoms with van der Waals surface area (Å²) in [6.45, 7) is 1.71. The molecule has 0 unspecified atom stereocenters. The molecule has 0 saturated carbocycles. The Kier molecular flexibility index (Phi) is 4.21. The molecule has 1 aromatic heterocycles. The molecule has 3 aliphatic heterocycles. The van der Waals surface area contributed by atoms with Crippen LogP contribution in [0.5, 0.6) is 0 Å². The Morgan fingerprint density at radius 3 is 2.75 bits per heavy atom. The highest BCUT2D eigenvalue weighted by atomic mass is 32.2. The predicted molar refractivity (Wildman–Crippen MR) is 94.9 cm³/mol. The molecule has 5 nitrogen and oxygen atoms in total. The molecule has 132 valence electrons. The first-order valence-corrected chi connectivity index (χ1v) is 11.5. The Labute approximate surface area is 147 Å². The van der Waals surface area contributed by atoms with E-state index < -0.39 is 10.0 Å². The van der Waals surface area contributed by atoms with Crippen LogP contribution in [0.1, 0.15) is 46.5 Å². The number of hydrogen-bond acceptors (Lipinski definition) is 4. The van der Waals surface area contributed by atoms with Crippen molar-refractivity contribution in [1.82, 2.24) is 9.21 Å². The number of nitrogens with zero attached hydrogens (tertiary/aromatic N) is 2. The number of sulfonamides is 1. The molecule has 0 aromatic carbocycles. The number of piperidine rings is 1. The van der Waals surface area contributed by atoms with Crippen LogP contribution in [-0.2, 0) is 22.9 Å². The highest BCUT2D eigenvalue weighted by molar-refractivity contribution is 7.88. The lowest BCUT2D eigenvalue weighted by Gasteiger charge is -2.36. The quantitative estimate of drug-likeness (QED) is 0.803. The third-order valence-electron chi connectivity index (χ3n) is 5.71. The monoisotopic (exact) mass is 368 g/mol. The molecule has 2 bridgehead atoms. The van der Waals surface area contributed by atoms with Gasteiger partial charge in [0.2, 0.25) is 10.0 Å². The number of amides is 1. The highest BCUT2D eigenvalue weighted by Gasteiger charge is 2.40. The summed E-state index contributed by atoms with van der Waals surface area (Å²) in [5.41, 5.74) is 2.61. The summed E-state index contributed by atoms with van der Waals surface area (Å²) in [5.74, 6) is 0.395.